The van der Waals surface area contributed by atoms with Crippen LogP contribution in [0.25, 0.3) is 0 Å². The normalized spacial score (nSPS) is 14.3. The maximum Gasteiger partial charge on any atom is 0.243 e. The summed E-state index contributed by atoms with van der Waals surface area (Å²) in [5, 5.41) is 3.12. The zero-order chi connectivity index (χ0) is 14.3. The highest BCUT2D eigenvalue weighted by molar-refractivity contribution is 7.99. The first-order chi connectivity index (χ1) is 9.03. The minimum atomic E-state index is -0.775. The van der Waals surface area contributed by atoms with Gasteiger partial charge in [-0.3, -0.25) is 4.79 Å². The maximum absolute atomic E-state index is 11.9. The zero-order valence-corrected chi connectivity index (χ0v) is 12.8. The van der Waals surface area contributed by atoms with Gasteiger partial charge in [0.1, 0.15) is 5.54 Å². The van der Waals surface area contributed by atoms with Gasteiger partial charge in [0.15, 0.2) is 0 Å². The van der Waals surface area contributed by atoms with Crippen LogP contribution < -0.4 is 11.1 Å². The molecule has 3 nitrogen and oxygen atoms in total. The molecule has 0 bridgehead atoms. The molecule has 4 heteroatoms. The Hall–Kier alpha value is -1.00. The third-order valence-corrected chi connectivity index (χ3v) is 4.43. The van der Waals surface area contributed by atoms with Gasteiger partial charge in [0.2, 0.25) is 5.91 Å². The Morgan fingerprint density at radius 2 is 2.00 bits per heavy atom. The lowest BCUT2D eigenvalue weighted by molar-refractivity contribution is -0.123. The fraction of sp³-hybridized carbons (Fsp3) is 0.533. The van der Waals surface area contributed by atoms with Crippen LogP contribution in [0.5, 0.6) is 0 Å². The maximum atomic E-state index is 11.9. The molecule has 19 heavy (non-hydrogen) atoms. The number of rotatable bonds is 8. The smallest absolute Gasteiger partial charge is 0.243 e. The molecule has 0 aliphatic rings. The molecule has 0 fully saturated rings. The molecule has 0 spiro atoms. The van der Waals surface area contributed by atoms with Gasteiger partial charge in [-0.1, -0.05) is 44.2 Å². The molecule has 0 heterocycles. The molecule has 0 saturated carbocycles. The van der Waals surface area contributed by atoms with E-state index in [1.807, 2.05) is 30.3 Å². The van der Waals surface area contributed by atoms with E-state index in [9.17, 15) is 4.79 Å². The lowest BCUT2D eigenvalue weighted by Gasteiger charge is -2.30. The van der Waals surface area contributed by atoms with Crippen LogP contribution in [-0.4, -0.2) is 24.5 Å². The van der Waals surface area contributed by atoms with Crippen LogP contribution in [0, 0.1) is 5.92 Å². The van der Waals surface area contributed by atoms with Gasteiger partial charge in [0.25, 0.3) is 0 Å². The molecule has 1 atom stereocenters. The molecular formula is C15H24N2OS. The number of thioether (sulfide) groups is 1. The van der Waals surface area contributed by atoms with E-state index >= 15 is 0 Å². The van der Waals surface area contributed by atoms with E-state index in [0.717, 1.165) is 17.7 Å². The first kappa shape index (κ1) is 16.1. The zero-order valence-electron chi connectivity index (χ0n) is 12.0. The van der Waals surface area contributed by atoms with E-state index in [2.05, 4.69) is 19.2 Å². The monoisotopic (exact) mass is 280 g/mol. The highest BCUT2D eigenvalue weighted by atomic mass is 32.2. The lowest BCUT2D eigenvalue weighted by atomic mass is 9.91. The van der Waals surface area contributed by atoms with E-state index in [1.54, 1.807) is 18.8 Å². The number of carbonyl (C=O) groups is 1. The van der Waals surface area contributed by atoms with Crippen molar-refractivity contribution in [3.63, 3.8) is 0 Å². The first-order valence-corrected chi connectivity index (χ1v) is 7.80. The van der Waals surface area contributed by atoms with E-state index in [0.29, 0.717) is 11.7 Å². The van der Waals surface area contributed by atoms with E-state index < -0.39 is 5.54 Å². The van der Waals surface area contributed by atoms with Gasteiger partial charge in [-0.05, 0) is 30.7 Å². The van der Waals surface area contributed by atoms with Crippen LogP contribution >= 0.6 is 11.8 Å². The molecule has 0 aromatic heterocycles. The largest absolute Gasteiger partial charge is 0.368 e. The Bertz CT molecular complexity index is 394. The van der Waals surface area contributed by atoms with Crippen LogP contribution in [-0.2, 0) is 10.3 Å². The molecule has 0 saturated heterocycles. The van der Waals surface area contributed by atoms with Crippen molar-refractivity contribution in [2.75, 3.05) is 18.6 Å². The summed E-state index contributed by atoms with van der Waals surface area (Å²) in [6.07, 6.45) is 1.15. The van der Waals surface area contributed by atoms with Gasteiger partial charge in [-0.15, -0.1) is 0 Å². The van der Waals surface area contributed by atoms with Crippen molar-refractivity contribution < 1.29 is 4.79 Å². The Balaban J connectivity index is 2.80. The quantitative estimate of drug-likeness (QED) is 0.719. The van der Waals surface area contributed by atoms with Crippen LogP contribution in [0.1, 0.15) is 25.8 Å². The number of nitrogens with one attached hydrogen (secondary N) is 1. The summed E-state index contributed by atoms with van der Waals surface area (Å²) in [7, 11) is 1.79. The van der Waals surface area contributed by atoms with Crippen molar-refractivity contribution in [3.8, 4) is 0 Å². The number of likely N-dealkylation sites (N-methyl/N-ethyl adjacent to an activating group) is 1. The van der Waals surface area contributed by atoms with Gasteiger partial charge in [0.05, 0.1) is 0 Å². The van der Waals surface area contributed by atoms with Gasteiger partial charge >= 0.3 is 0 Å². The SMILES string of the molecule is CNC(CSCCC(C)C)(C(N)=O)c1ccccc1. The van der Waals surface area contributed by atoms with E-state index in [-0.39, 0.29) is 5.91 Å². The topological polar surface area (TPSA) is 55.1 Å². The average molecular weight is 280 g/mol. The average Bonchev–Trinajstić information content (AvgIpc) is 2.39. The third kappa shape index (κ3) is 4.25. The summed E-state index contributed by atoms with van der Waals surface area (Å²) >= 11 is 1.77. The van der Waals surface area contributed by atoms with Crippen molar-refractivity contribution in [2.45, 2.75) is 25.8 Å². The van der Waals surface area contributed by atoms with Gasteiger partial charge < -0.3 is 11.1 Å². The number of primary amides is 1. The highest BCUT2D eigenvalue weighted by Crippen LogP contribution is 2.26. The van der Waals surface area contributed by atoms with Crippen molar-refractivity contribution in [3.05, 3.63) is 35.9 Å². The fourth-order valence-electron chi connectivity index (χ4n) is 1.90. The first-order valence-electron chi connectivity index (χ1n) is 6.65. The molecular weight excluding hydrogens is 256 g/mol. The predicted octanol–water partition coefficient (Wildman–Crippen LogP) is 2.37. The number of hydrogen-bond donors (Lipinski definition) is 2. The van der Waals surface area contributed by atoms with Crippen molar-refractivity contribution in [2.24, 2.45) is 11.7 Å². The summed E-state index contributed by atoms with van der Waals surface area (Å²) < 4.78 is 0. The number of amides is 1. The number of nitrogens with two attached hydrogens (primary N) is 1. The number of hydrogen-bond acceptors (Lipinski definition) is 3. The second kappa shape index (κ2) is 7.56. The summed E-state index contributed by atoms with van der Waals surface area (Å²) in [4.78, 5) is 11.9. The highest BCUT2D eigenvalue weighted by Gasteiger charge is 2.36. The summed E-state index contributed by atoms with van der Waals surface area (Å²) in [5.41, 5.74) is 5.80. The summed E-state index contributed by atoms with van der Waals surface area (Å²) in [5.74, 6) is 2.07. The van der Waals surface area contributed by atoms with Crippen LogP contribution in [0.2, 0.25) is 0 Å². The summed E-state index contributed by atoms with van der Waals surface area (Å²) in [6, 6.07) is 9.71. The Morgan fingerprint density at radius 3 is 2.47 bits per heavy atom. The van der Waals surface area contributed by atoms with Crippen molar-refractivity contribution in [1.29, 1.82) is 0 Å². The van der Waals surface area contributed by atoms with E-state index in [1.165, 1.54) is 0 Å². The van der Waals surface area contributed by atoms with Crippen LogP contribution in [0.4, 0.5) is 0 Å². The lowest BCUT2D eigenvalue weighted by Crippen LogP contribution is -2.53. The third-order valence-electron chi connectivity index (χ3n) is 3.27. The minimum Gasteiger partial charge on any atom is -0.368 e. The number of carbonyl (C=O) groups excluding carboxylic acids is 1. The Kier molecular flexibility index (Phi) is 6.38. The van der Waals surface area contributed by atoms with Crippen LogP contribution in [0.15, 0.2) is 30.3 Å². The number of benzene rings is 1. The molecule has 1 aromatic carbocycles. The second-order valence-corrected chi connectivity index (χ2v) is 6.23. The molecule has 0 aliphatic heterocycles. The Morgan fingerprint density at radius 1 is 1.37 bits per heavy atom. The molecule has 0 aliphatic carbocycles. The second-order valence-electron chi connectivity index (χ2n) is 5.12. The fourth-order valence-corrected chi connectivity index (χ4v) is 3.45. The molecule has 106 valence electrons. The van der Waals surface area contributed by atoms with Gasteiger partial charge in [0, 0.05) is 5.75 Å². The minimum absolute atomic E-state index is 0.321. The van der Waals surface area contributed by atoms with Gasteiger partial charge in [-0.25, -0.2) is 0 Å². The summed E-state index contributed by atoms with van der Waals surface area (Å²) in [6.45, 7) is 4.41. The van der Waals surface area contributed by atoms with Gasteiger partial charge in [-0.2, -0.15) is 11.8 Å². The molecule has 0 radical (unpaired) electrons. The molecule has 1 amide bonds. The molecule has 1 rings (SSSR count). The molecule has 1 unspecified atom stereocenters. The van der Waals surface area contributed by atoms with Crippen molar-refractivity contribution >= 4 is 17.7 Å². The van der Waals surface area contributed by atoms with E-state index in [4.69, 9.17) is 5.73 Å². The Labute approximate surface area is 120 Å². The molecule has 1 aromatic rings. The molecule has 3 N–H and O–H groups in total. The van der Waals surface area contributed by atoms with Crippen LogP contribution in [0.3, 0.4) is 0 Å². The predicted molar refractivity (Wildman–Crippen MR) is 83.2 cm³/mol. The standard InChI is InChI=1S/C15H24N2OS/c1-12(2)9-10-19-11-15(17-3,14(16)18)13-7-5-4-6-8-13/h4-8,12,17H,9-11H2,1-3H3,(H2,16,18). The van der Waals surface area contributed by atoms with Crippen molar-refractivity contribution in [1.82, 2.24) is 5.32 Å².